The molecular weight excluding hydrogens is 428 g/mol. The highest BCUT2D eigenvalue weighted by Gasteiger charge is 2.34. The van der Waals surface area contributed by atoms with E-state index >= 15 is 0 Å². The Morgan fingerprint density at radius 1 is 0.967 bits per heavy atom. The van der Waals surface area contributed by atoms with Crippen LogP contribution in [0.15, 0.2) is 29.2 Å². The molecule has 7 nitrogen and oxygen atoms in total. The number of hydrogen-bond donors (Lipinski definition) is 0. The van der Waals surface area contributed by atoms with Crippen molar-refractivity contribution in [1.82, 2.24) is 9.21 Å². The average molecular weight is 457 g/mol. The number of hydrogen-bond acceptors (Lipinski definition) is 5. The Morgan fingerprint density at radius 3 is 2.27 bits per heavy atom. The van der Waals surface area contributed by atoms with E-state index in [-0.39, 0.29) is 24.0 Å². The van der Waals surface area contributed by atoms with Gasteiger partial charge in [0.05, 0.1) is 10.8 Å². The van der Waals surface area contributed by atoms with Crippen molar-refractivity contribution >= 4 is 33.5 Å². The summed E-state index contributed by atoms with van der Waals surface area (Å²) in [5.41, 5.74) is 0. The van der Waals surface area contributed by atoms with E-state index in [2.05, 4.69) is 0 Å². The van der Waals surface area contributed by atoms with Gasteiger partial charge < -0.3 is 9.64 Å². The Kier molecular flexibility index (Phi) is 8.13. The number of rotatable bonds is 5. The number of nitrogens with zero attached hydrogens (tertiary/aromatic N) is 2. The number of halogens is 1. The smallest absolute Gasteiger partial charge is 0.310 e. The summed E-state index contributed by atoms with van der Waals surface area (Å²) in [4.78, 5) is 26.9. The van der Waals surface area contributed by atoms with Crippen molar-refractivity contribution in [2.24, 2.45) is 5.92 Å². The fraction of sp³-hybridized carbons (Fsp3) is 0.619. The van der Waals surface area contributed by atoms with Gasteiger partial charge in [-0.25, -0.2) is 8.42 Å². The highest BCUT2D eigenvalue weighted by atomic mass is 35.5. The molecule has 30 heavy (non-hydrogen) atoms. The van der Waals surface area contributed by atoms with Crippen molar-refractivity contribution in [3.8, 4) is 0 Å². The number of sulfonamides is 1. The number of amides is 1. The summed E-state index contributed by atoms with van der Waals surface area (Å²) in [5.74, 6) is -1.25. The number of benzene rings is 1. The standard InChI is InChI=1S/C21H29ClN2O5S/c22-18-8-10-19(11-9-18)30(27,28)24-14-6-7-17(15-24)21(26)29-16-20(25)23-12-4-2-1-3-5-13-23/h8-11,17H,1-7,12-16H2. The molecule has 2 aliphatic rings. The number of ether oxygens (including phenoxy) is 1. The zero-order chi connectivity index (χ0) is 21.6. The molecule has 0 radical (unpaired) electrons. The van der Waals surface area contributed by atoms with Crippen LogP contribution in [0.1, 0.15) is 44.9 Å². The number of carbonyl (C=O) groups excluding carboxylic acids is 2. The van der Waals surface area contributed by atoms with Crippen LogP contribution in [0.5, 0.6) is 0 Å². The lowest BCUT2D eigenvalue weighted by Gasteiger charge is -2.31. The second-order valence-corrected chi connectivity index (χ2v) is 10.3. The van der Waals surface area contributed by atoms with E-state index in [0.717, 1.165) is 25.7 Å². The second kappa shape index (κ2) is 10.6. The molecule has 1 unspecified atom stereocenters. The summed E-state index contributed by atoms with van der Waals surface area (Å²) < 4.78 is 32.3. The van der Waals surface area contributed by atoms with Crippen LogP contribution in [0.2, 0.25) is 5.02 Å². The zero-order valence-electron chi connectivity index (χ0n) is 17.1. The molecule has 2 saturated heterocycles. The Balaban J connectivity index is 1.55. The Labute approximate surface area is 183 Å². The van der Waals surface area contributed by atoms with Crippen molar-refractivity contribution in [1.29, 1.82) is 0 Å². The Bertz CT molecular complexity index is 835. The average Bonchev–Trinajstić information content (AvgIpc) is 2.72. The van der Waals surface area contributed by atoms with Gasteiger partial charge in [-0.1, -0.05) is 30.9 Å². The number of piperidine rings is 1. The maximum atomic E-state index is 12.9. The summed E-state index contributed by atoms with van der Waals surface area (Å²) in [7, 11) is -3.71. The van der Waals surface area contributed by atoms with Crippen molar-refractivity contribution in [2.75, 3.05) is 32.8 Å². The molecular formula is C21H29ClN2O5S. The van der Waals surface area contributed by atoms with E-state index in [1.165, 1.54) is 35.0 Å². The molecule has 0 bridgehead atoms. The topological polar surface area (TPSA) is 84.0 Å². The summed E-state index contributed by atoms with van der Waals surface area (Å²) in [5, 5.41) is 0.457. The molecule has 1 aromatic rings. The summed E-state index contributed by atoms with van der Waals surface area (Å²) in [6.45, 7) is 1.53. The molecule has 2 heterocycles. The first kappa shape index (κ1) is 23.0. The Morgan fingerprint density at radius 2 is 1.60 bits per heavy atom. The van der Waals surface area contributed by atoms with Gasteiger partial charge in [-0.05, 0) is 49.9 Å². The van der Waals surface area contributed by atoms with Crippen LogP contribution in [0, 0.1) is 5.92 Å². The van der Waals surface area contributed by atoms with E-state index in [9.17, 15) is 18.0 Å². The van der Waals surface area contributed by atoms with Crippen LogP contribution in [0.4, 0.5) is 0 Å². The van der Waals surface area contributed by atoms with Gasteiger partial charge in [0, 0.05) is 31.2 Å². The van der Waals surface area contributed by atoms with E-state index in [4.69, 9.17) is 16.3 Å². The molecule has 3 rings (SSSR count). The van der Waals surface area contributed by atoms with Crippen LogP contribution in [-0.2, 0) is 24.3 Å². The van der Waals surface area contributed by atoms with Gasteiger partial charge in [0.15, 0.2) is 6.61 Å². The molecule has 0 saturated carbocycles. The Hall–Kier alpha value is -1.64. The van der Waals surface area contributed by atoms with Gasteiger partial charge in [0.25, 0.3) is 5.91 Å². The van der Waals surface area contributed by atoms with Gasteiger partial charge >= 0.3 is 5.97 Å². The first-order chi connectivity index (χ1) is 14.4. The molecule has 2 fully saturated rings. The van der Waals surface area contributed by atoms with E-state index in [1.54, 1.807) is 4.90 Å². The van der Waals surface area contributed by atoms with Gasteiger partial charge in [-0.2, -0.15) is 4.31 Å². The predicted octanol–water partition coefficient (Wildman–Crippen LogP) is 3.08. The monoisotopic (exact) mass is 456 g/mol. The zero-order valence-corrected chi connectivity index (χ0v) is 18.7. The van der Waals surface area contributed by atoms with Gasteiger partial charge in [0.1, 0.15) is 0 Å². The first-order valence-electron chi connectivity index (χ1n) is 10.6. The summed E-state index contributed by atoms with van der Waals surface area (Å²) in [6.07, 6.45) is 6.48. The maximum Gasteiger partial charge on any atom is 0.310 e. The van der Waals surface area contributed by atoms with Crippen molar-refractivity contribution < 1.29 is 22.7 Å². The van der Waals surface area contributed by atoms with Crippen molar-refractivity contribution in [3.63, 3.8) is 0 Å². The van der Waals surface area contributed by atoms with Crippen LogP contribution < -0.4 is 0 Å². The minimum atomic E-state index is -3.71. The third kappa shape index (κ3) is 5.95. The van der Waals surface area contributed by atoms with Gasteiger partial charge in [-0.3, -0.25) is 9.59 Å². The lowest BCUT2D eigenvalue weighted by molar-refractivity contribution is -0.156. The van der Waals surface area contributed by atoms with Crippen LogP contribution in [0.3, 0.4) is 0 Å². The minimum absolute atomic E-state index is 0.0572. The molecule has 0 aliphatic carbocycles. The molecule has 0 aromatic heterocycles. The van der Waals surface area contributed by atoms with Crippen LogP contribution in [-0.4, -0.2) is 62.3 Å². The van der Waals surface area contributed by atoms with E-state index in [1.807, 2.05) is 0 Å². The largest absolute Gasteiger partial charge is 0.455 e. The summed E-state index contributed by atoms with van der Waals surface area (Å²) >= 11 is 5.85. The number of carbonyl (C=O) groups is 2. The maximum absolute atomic E-state index is 12.9. The molecule has 2 aliphatic heterocycles. The number of likely N-dealkylation sites (tertiary alicyclic amines) is 1. The van der Waals surface area contributed by atoms with Crippen molar-refractivity contribution in [3.05, 3.63) is 29.3 Å². The SMILES string of the molecule is O=C(OCC(=O)N1CCCCCCC1)C1CCCN(S(=O)(=O)c2ccc(Cl)cc2)C1. The number of esters is 1. The minimum Gasteiger partial charge on any atom is -0.455 e. The normalized spacial score (nSPS) is 21.5. The van der Waals surface area contributed by atoms with E-state index < -0.39 is 21.9 Å². The molecule has 166 valence electrons. The van der Waals surface area contributed by atoms with Crippen LogP contribution >= 0.6 is 11.6 Å². The molecule has 1 aromatic carbocycles. The van der Waals surface area contributed by atoms with Crippen molar-refractivity contribution in [2.45, 2.75) is 49.8 Å². The molecule has 1 atom stereocenters. The lowest BCUT2D eigenvalue weighted by atomic mass is 10.00. The van der Waals surface area contributed by atoms with Crippen LogP contribution in [0.25, 0.3) is 0 Å². The first-order valence-corrected chi connectivity index (χ1v) is 12.4. The highest BCUT2D eigenvalue weighted by molar-refractivity contribution is 7.89. The second-order valence-electron chi connectivity index (χ2n) is 7.91. The molecule has 0 N–H and O–H groups in total. The molecule has 1 amide bonds. The fourth-order valence-corrected chi connectivity index (χ4v) is 5.60. The fourth-order valence-electron chi connectivity index (χ4n) is 3.95. The third-order valence-electron chi connectivity index (χ3n) is 5.72. The quantitative estimate of drug-likeness (QED) is 0.636. The van der Waals surface area contributed by atoms with Gasteiger partial charge in [0.2, 0.25) is 10.0 Å². The lowest BCUT2D eigenvalue weighted by Crippen LogP contribution is -2.43. The highest BCUT2D eigenvalue weighted by Crippen LogP contribution is 2.25. The third-order valence-corrected chi connectivity index (χ3v) is 7.85. The predicted molar refractivity (Wildman–Crippen MR) is 114 cm³/mol. The van der Waals surface area contributed by atoms with E-state index in [0.29, 0.717) is 37.5 Å². The molecule has 0 spiro atoms. The molecule has 9 heteroatoms. The summed E-state index contributed by atoms with van der Waals surface area (Å²) in [6, 6.07) is 5.98. The van der Waals surface area contributed by atoms with Gasteiger partial charge in [-0.15, -0.1) is 0 Å².